The Hall–Kier alpha value is -2.01. The van der Waals surface area contributed by atoms with Gasteiger partial charge in [0.05, 0.1) is 97.2 Å². The van der Waals surface area contributed by atoms with E-state index in [9.17, 15) is 9.90 Å². The van der Waals surface area contributed by atoms with Crippen molar-refractivity contribution in [3.8, 4) is 0 Å². The van der Waals surface area contributed by atoms with E-state index in [0.29, 0.717) is 43.4 Å². The van der Waals surface area contributed by atoms with Crippen molar-refractivity contribution >= 4 is 5.78 Å². The van der Waals surface area contributed by atoms with Crippen LogP contribution >= 0.6 is 0 Å². The molecule has 0 radical (unpaired) electrons. The molecule has 0 amide bonds. The van der Waals surface area contributed by atoms with Crippen LogP contribution in [0.5, 0.6) is 0 Å². The number of hydrogen-bond donors (Lipinski definition) is 1. The number of hydrogen-bond acceptors (Lipinski definition) is 13. The van der Waals surface area contributed by atoms with E-state index in [-0.39, 0.29) is 121 Å². The third kappa shape index (κ3) is 7.98. The highest BCUT2D eigenvalue weighted by Gasteiger charge is 2.58. The van der Waals surface area contributed by atoms with Gasteiger partial charge in [0.1, 0.15) is 30.2 Å². The average molecular weight is 879 g/mol. The molecule has 1 N–H and O–H groups in total. The van der Waals surface area contributed by atoms with Crippen LogP contribution in [0.15, 0.2) is 47.3 Å². The van der Waals surface area contributed by atoms with E-state index in [4.69, 9.17) is 52.1 Å². The summed E-state index contributed by atoms with van der Waals surface area (Å²) in [6, 6.07) is 0. The molecule has 0 aromatic heterocycles. The number of allylic oxidation sites excluding steroid dienone is 1. The van der Waals surface area contributed by atoms with Gasteiger partial charge in [-0.2, -0.15) is 0 Å². The van der Waals surface area contributed by atoms with Crippen molar-refractivity contribution in [1.29, 1.82) is 0 Å². The summed E-state index contributed by atoms with van der Waals surface area (Å²) in [6.45, 7) is 20.5. The van der Waals surface area contributed by atoms with Gasteiger partial charge < -0.3 is 57.2 Å². The van der Waals surface area contributed by atoms with E-state index in [0.717, 1.165) is 50.5 Å². The highest BCUT2D eigenvalue weighted by molar-refractivity contribution is 5.92. The maximum atomic E-state index is 11.9. The minimum absolute atomic E-state index is 0.00932. The van der Waals surface area contributed by atoms with Crippen LogP contribution < -0.4 is 0 Å². The fourth-order valence-electron chi connectivity index (χ4n) is 13.8. The first-order chi connectivity index (χ1) is 30.2. The van der Waals surface area contributed by atoms with Crippen molar-refractivity contribution in [3.05, 3.63) is 47.3 Å². The SMILES string of the molecule is C=C1C=C(C)C2OC3CC4OC5CCC6=C(C)C7CC8OC9CC%10OC%11C(O)CC(CC(=C)C(C)=O)OC%11CC%10OC9OC(C)CC8(C)OC7CC6OC5[C@H](C)CC4OC3CC2O1. The van der Waals surface area contributed by atoms with E-state index in [1.54, 1.807) is 0 Å². The number of rotatable bonds is 3. The van der Waals surface area contributed by atoms with Crippen molar-refractivity contribution in [3.63, 3.8) is 0 Å². The molecule has 0 bridgehead atoms. The second-order valence-electron chi connectivity index (χ2n) is 21.5. The predicted octanol–water partition coefficient (Wildman–Crippen LogP) is 6.27. The topological polar surface area (TPSA) is 139 Å². The second kappa shape index (κ2) is 16.6. The summed E-state index contributed by atoms with van der Waals surface area (Å²) >= 11 is 0. The smallest absolute Gasteiger partial charge is 0.184 e. The Kier molecular flexibility index (Phi) is 11.5. The fourth-order valence-corrected chi connectivity index (χ4v) is 13.8. The highest BCUT2D eigenvalue weighted by Crippen LogP contribution is 2.52. The third-order valence-corrected chi connectivity index (χ3v) is 17.0. The number of ether oxygens (including phenoxy) is 11. The summed E-state index contributed by atoms with van der Waals surface area (Å²) in [6.07, 6.45) is 6.58. The van der Waals surface area contributed by atoms with E-state index in [2.05, 4.69) is 47.8 Å². The van der Waals surface area contributed by atoms with Crippen molar-refractivity contribution in [2.24, 2.45) is 11.8 Å². The second-order valence-corrected chi connectivity index (χ2v) is 21.5. The maximum absolute atomic E-state index is 11.9. The lowest BCUT2D eigenvalue weighted by atomic mass is 9.71. The van der Waals surface area contributed by atoms with Crippen LogP contribution in [-0.2, 0) is 56.9 Å². The van der Waals surface area contributed by atoms with Crippen LogP contribution in [0.1, 0.15) is 119 Å². The van der Waals surface area contributed by atoms with Gasteiger partial charge >= 0.3 is 0 Å². The average Bonchev–Trinajstić information content (AvgIpc) is 3.46. The van der Waals surface area contributed by atoms with Crippen molar-refractivity contribution < 1.29 is 62.0 Å². The number of fused-ring (bicyclic) bond motifs is 10. The summed E-state index contributed by atoms with van der Waals surface area (Å²) in [5.74, 6) is 1.10. The molecule has 9 fully saturated rings. The van der Waals surface area contributed by atoms with Gasteiger partial charge in [0.2, 0.25) is 0 Å². The number of ketones is 1. The molecule has 11 aliphatic rings. The molecule has 9 saturated heterocycles. The molecule has 13 heteroatoms. The van der Waals surface area contributed by atoms with Gasteiger partial charge in [-0.3, -0.25) is 4.79 Å². The van der Waals surface area contributed by atoms with Gasteiger partial charge in [0.25, 0.3) is 0 Å². The minimum Gasteiger partial charge on any atom is -0.488 e. The summed E-state index contributed by atoms with van der Waals surface area (Å²) in [5, 5.41) is 11.2. The predicted molar refractivity (Wildman–Crippen MR) is 227 cm³/mol. The van der Waals surface area contributed by atoms with Gasteiger partial charge in [-0.15, -0.1) is 0 Å². The molecule has 0 aromatic rings. The van der Waals surface area contributed by atoms with E-state index >= 15 is 0 Å². The van der Waals surface area contributed by atoms with Crippen molar-refractivity contribution in [2.45, 2.75) is 246 Å². The van der Waals surface area contributed by atoms with Gasteiger partial charge in [0.15, 0.2) is 12.1 Å². The van der Waals surface area contributed by atoms with Crippen LogP contribution in [0.4, 0.5) is 0 Å². The summed E-state index contributed by atoms with van der Waals surface area (Å²) in [7, 11) is 0. The molecule has 13 nitrogen and oxygen atoms in total. The lowest BCUT2D eigenvalue weighted by Gasteiger charge is -2.56. The summed E-state index contributed by atoms with van der Waals surface area (Å²) in [5.41, 5.74) is 3.87. The van der Waals surface area contributed by atoms with Gasteiger partial charge in [0, 0.05) is 57.3 Å². The molecular weight excluding hydrogens is 809 g/mol. The Bertz CT molecular complexity index is 1880. The normalized spacial score (nSPS) is 52.7. The zero-order valence-electron chi connectivity index (χ0n) is 38.0. The first-order valence-electron chi connectivity index (χ1n) is 24.3. The van der Waals surface area contributed by atoms with Gasteiger partial charge in [-0.25, -0.2) is 0 Å². The number of Topliss-reactive ketones (excluding diaryl/α,β-unsaturated/α-hetero) is 1. The third-order valence-electron chi connectivity index (χ3n) is 17.0. The molecule has 23 atom stereocenters. The van der Waals surface area contributed by atoms with Crippen LogP contribution in [0.25, 0.3) is 0 Å². The molecule has 0 spiro atoms. The Morgan fingerprint density at radius 1 is 0.746 bits per heavy atom. The summed E-state index contributed by atoms with van der Waals surface area (Å²) in [4.78, 5) is 11.9. The van der Waals surface area contributed by atoms with E-state index < -0.39 is 24.1 Å². The van der Waals surface area contributed by atoms with E-state index in [1.807, 2.05) is 6.08 Å². The number of aliphatic hydroxyl groups is 1. The zero-order valence-corrected chi connectivity index (χ0v) is 38.0. The Morgan fingerprint density at radius 3 is 2.25 bits per heavy atom. The standard InChI is InChI=1S/C50H70O13/c1-22(28(7)51)12-29-14-32(52)48-43(55-29)19-41-40(61-48)20-44-49(62-41)54-26(5)21-50(8)45(58-44)15-31-27(6)30-9-10-33-46(59-34(30)16-35(31)63-50)24(3)13-36-37(56-33)17-39-38(57-36)18-42-47(60-39)23(2)11-25(4)53-42/h11,24,26,29,31-49,52H,1,4,9-10,12-21H2,2-3,5-8H3/t24-,26?,29?,31?,32?,33?,34?,35?,36?,37?,38?,39?,40?,41?,42?,43?,44?,45?,46?,47?,48?,49?,50?/m1/s1. The molecule has 11 rings (SSSR count). The fraction of sp³-hybridized carbons (Fsp3) is 0.820. The number of aliphatic hydroxyl groups excluding tert-OH is 1. The molecule has 63 heavy (non-hydrogen) atoms. The first kappa shape index (κ1) is 43.6. The molecule has 10 heterocycles. The molecule has 0 saturated carbocycles. The quantitative estimate of drug-likeness (QED) is 0.252. The van der Waals surface area contributed by atoms with Crippen LogP contribution in [0.2, 0.25) is 0 Å². The zero-order chi connectivity index (χ0) is 43.6. The van der Waals surface area contributed by atoms with Crippen LogP contribution in [-0.4, -0.2) is 139 Å². The first-order valence-corrected chi connectivity index (χ1v) is 24.3. The Morgan fingerprint density at radius 2 is 1.44 bits per heavy atom. The van der Waals surface area contributed by atoms with Crippen LogP contribution in [0, 0.1) is 11.8 Å². The van der Waals surface area contributed by atoms with Gasteiger partial charge in [-0.05, 0) is 89.0 Å². The minimum atomic E-state index is -0.711. The number of carbonyl (C=O) groups is 1. The summed E-state index contributed by atoms with van der Waals surface area (Å²) < 4.78 is 74.9. The molecule has 348 valence electrons. The maximum Gasteiger partial charge on any atom is 0.184 e. The lowest BCUT2D eigenvalue weighted by Crippen LogP contribution is -2.65. The van der Waals surface area contributed by atoms with Crippen LogP contribution in [0.3, 0.4) is 0 Å². The molecule has 1 aliphatic carbocycles. The number of carbonyl (C=O) groups excluding carboxylic acids is 1. The molecular formula is C50H70O13. The molecule has 10 aliphatic heterocycles. The largest absolute Gasteiger partial charge is 0.488 e. The molecule has 22 unspecified atom stereocenters. The van der Waals surface area contributed by atoms with Crippen molar-refractivity contribution in [2.75, 3.05) is 0 Å². The molecule has 0 aromatic carbocycles. The lowest BCUT2D eigenvalue weighted by molar-refractivity contribution is -0.359. The Labute approximate surface area is 372 Å². The van der Waals surface area contributed by atoms with Crippen molar-refractivity contribution in [1.82, 2.24) is 0 Å². The van der Waals surface area contributed by atoms with E-state index in [1.165, 1.54) is 18.1 Å². The highest BCUT2D eigenvalue weighted by atomic mass is 16.7. The van der Waals surface area contributed by atoms with Gasteiger partial charge in [-0.1, -0.05) is 25.7 Å². The monoisotopic (exact) mass is 878 g/mol. The Balaban J connectivity index is 0.768.